The van der Waals surface area contributed by atoms with Crippen molar-refractivity contribution in [2.24, 2.45) is 0 Å². The number of piperazine rings is 1. The van der Waals surface area contributed by atoms with Crippen molar-refractivity contribution in [3.63, 3.8) is 0 Å². The largest absolute Gasteiger partial charge is 0.369 e. The summed E-state index contributed by atoms with van der Waals surface area (Å²) < 4.78 is 0. The third-order valence-electron chi connectivity index (χ3n) is 4.90. The lowest BCUT2D eigenvalue weighted by Gasteiger charge is -2.38. The first kappa shape index (κ1) is 18.1. The second-order valence-electron chi connectivity index (χ2n) is 6.66. The van der Waals surface area contributed by atoms with E-state index >= 15 is 0 Å². The van der Waals surface area contributed by atoms with Gasteiger partial charge in [-0.2, -0.15) is 0 Å². The van der Waals surface area contributed by atoms with Crippen LogP contribution in [0.1, 0.15) is 24.2 Å². The molecular formula is C21H25N3O2. The highest BCUT2D eigenvalue weighted by molar-refractivity contribution is 5.98. The predicted molar refractivity (Wildman–Crippen MR) is 105 cm³/mol. The molecule has 2 aromatic carbocycles. The Balaban J connectivity index is 1.56. The smallest absolute Gasteiger partial charge is 0.241 e. The molecule has 1 atom stereocenters. The highest BCUT2D eigenvalue weighted by Crippen LogP contribution is 2.17. The van der Waals surface area contributed by atoms with Crippen LogP contribution in [0.15, 0.2) is 54.6 Å². The summed E-state index contributed by atoms with van der Waals surface area (Å²) in [7, 11) is 0. The summed E-state index contributed by atoms with van der Waals surface area (Å²) in [5.41, 5.74) is 2.50. The van der Waals surface area contributed by atoms with Crippen LogP contribution in [0.5, 0.6) is 0 Å². The van der Waals surface area contributed by atoms with E-state index in [1.807, 2.05) is 31.2 Å². The molecule has 0 spiro atoms. The molecule has 5 heteroatoms. The molecule has 136 valence electrons. The molecule has 0 radical (unpaired) electrons. The fraction of sp³-hybridized carbons (Fsp3) is 0.333. The summed E-state index contributed by atoms with van der Waals surface area (Å²) in [6.07, 6.45) is 0. The maximum Gasteiger partial charge on any atom is 0.241 e. The van der Waals surface area contributed by atoms with Crippen LogP contribution in [-0.4, -0.2) is 48.8 Å². The number of Topliss-reactive ketones (excluding diaryl/α,β-unsaturated/α-hetero) is 1. The molecule has 0 aromatic heterocycles. The van der Waals surface area contributed by atoms with E-state index < -0.39 is 0 Å². The van der Waals surface area contributed by atoms with Gasteiger partial charge in [-0.25, -0.2) is 0 Å². The van der Waals surface area contributed by atoms with E-state index in [9.17, 15) is 9.59 Å². The van der Waals surface area contributed by atoms with Gasteiger partial charge in [0.2, 0.25) is 5.91 Å². The van der Waals surface area contributed by atoms with E-state index in [4.69, 9.17) is 0 Å². The van der Waals surface area contributed by atoms with Gasteiger partial charge in [-0.05, 0) is 38.1 Å². The first-order valence-corrected chi connectivity index (χ1v) is 9.00. The molecule has 0 aliphatic carbocycles. The van der Waals surface area contributed by atoms with E-state index in [2.05, 4.69) is 27.2 Å². The summed E-state index contributed by atoms with van der Waals surface area (Å²) in [6.45, 7) is 6.95. The number of anilines is 2. The van der Waals surface area contributed by atoms with Crippen LogP contribution in [0.3, 0.4) is 0 Å². The van der Waals surface area contributed by atoms with Crippen LogP contribution < -0.4 is 10.2 Å². The second kappa shape index (κ2) is 8.15. The Labute approximate surface area is 154 Å². The Bertz CT molecular complexity index is 768. The van der Waals surface area contributed by atoms with E-state index in [1.54, 1.807) is 18.2 Å². The Morgan fingerprint density at radius 2 is 1.65 bits per heavy atom. The summed E-state index contributed by atoms with van der Waals surface area (Å²) in [5.74, 6) is -0.0509. The quantitative estimate of drug-likeness (QED) is 0.842. The average Bonchev–Trinajstić information content (AvgIpc) is 2.68. The molecule has 1 saturated heterocycles. The number of rotatable bonds is 5. The minimum Gasteiger partial charge on any atom is -0.369 e. The molecule has 1 N–H and O–H groups in total. The summed E-state index contributed by atoms with van der Waals surface area (Å²) >= 11 is 0. The van der Waals surface area contributed by atoms with Gasteiger partial charge in [0.05, 0.1) is 6.04 Å². The second-order valence-corrected chi connectivity index (χ2v) is 6.66. The molecule has 0 saturated carbocycles. The molecule has 1 amide bonds. The van der Waals surface area contributed by atoms with Crippen LogP contribution in [-0.2, 0) is 4.79 Å². The summed E-state index contributed by atoms with van der Waals surface area (Å²) in [4.78, 5) is 28.6. The molecule has 26 heavy (non-hydrogen) atoms. The third-order valence-corrected chi connectivity index (χ3v) is 4.90. The van der Waals surface area contributed by atoms with Gasteiger partial charge in [-0.15, -0.1) is 0 Å². The van der Waals surface area contributed by atoms with Crippen LogP contribution in [0, 0.1) is 0 Å². The van der Waals surface area contributed by atoms with Crippen LogP contribution in [0.25, 0.3) is 0 Å². The van der Waals surface area contributed by atoms with Crippen molar-refractivity contribution in [3.05, 3.63) is 60.2 Å². The topological polar surface area (TPSA) is 52.7 Å². The van der Waals surface area contributed by atoms with Crippen molar-refractivity contribution >= 4 is 23.1 Å². The molecule has 0 unspecified atom stereocenters. The average molecular weight is 351 g/mol. The van der Waals surface area contributed by atoms with Gasteiger partial charge in [-0.1, -0.05) is 30.3 Å². The van der Waals surface area contributed by atoms with Crippen molar-refractivity contribution in [1.29, 1.82) is 0 Å². The number of hydrogen-bond acceptors (Lipinski definition) is 4. The highest BCUT2D eigenvalue weighted by Gasteiger charge is 2.25. The minimum absolute atomic E-state index is 0.00817. The number of nitrogens with zero attached hydrogens (tertiary/aromatic N) is 2. The van der Waals surface area contributed by atoms with Gasteiger partial charge in [0.15, 0.2) is 5.78 Å². The van der Waals surface area contributed by atoms with E-state index in [1.165, 1.54) is 12.6 Å². The number of nitrogens with one attached hydrogen (secondary N) is 1. The van der Waals surface area contributed by atoms with Crippen molar-refractivity contribution in [1.82, 2.24) is 4.90 Å². The lowest BCUT2D eigenvalue weighted by Crippen LogP contribution is -2.52. The number of benzene rings is 2. The maximum atomic E-state index is 12.6. The maximum absolute atomic E-state index is 12.6. The number of hydrogen-bond donors (Lipinski definition) is 1. The number of carbonyl (C=O) groups excluding carboxylic acids is 2. The third kappa shape index (κ3) is 4.29. The molecule has 0 bridgehead atoms. The number of para-hydroxylation sites is 1. The van der Waals surface area contributed by atoms with Gasteiger partial charge in [0, 0.05) is 43.1 Å². The molecular weight excluding hydrogens is 326 g/mol. The highest BCUT2D eigenvalue weighted by atomic mass is 16.2. The Kier molecular flexibility index (Phi) is 5.68. The first-order valence-electron chi connectivity index (χ1n) is 9.00. The molecule has 1 aliphatic heterocycles. The molecule has 1 aliphatic rings. The van der Waals surface area contributed by atoms with Crippen LogP contribution in [0.4, 0.5) is 11.4 Å². The number of amides is 1. The SMILES string of the molecule is CC(=O)c1cccc(NC(=O)[C@H](C)N2CCN(c3ccccc3)CC2)c1. The van der Waals surface area contributed by atoms with Gasteiger partial charge in [-0.3, -0.25) is 14.5 Å². The predicted octanol–water partition coefficient (Wildman–Crippen LogP) is 3.04. The Hall–Kier alpha value is -2.66. The Morgan fingerprint density at radius 3 is 2.31 bits per heavy atom. The molecule has 5 nitrogen and oxygen atoms in total. The fourth-order valence-electron chi connectivity index (χ4n) is 3.23. The first-order chi connectivity index (χ1) is 12.5. The van der Waals surface area contributed by atoms with Crippen LogP contribution >= 0.6 is 0 Å². The molecule has 3 rings (SSSR count). The van der Waals surface area contributed by atoms with E-state index in [-0.39, 0.29) is 17.7 Å². The van der Waals surface area contributed by atoms with E-state index in [0.717, 1.165) is 26.2 Å². The molecule has 1 heterocycles. The zero-order valence-corrected chi connectivity index (χ0v) is 15.3. The number of carbonyl (C=O) groups is 2. The fourth-order valence-corrected chi connectivity index (χ4v) is 3.23. The van der Waals surface area contributed by atoms with Gasteiger partial charge in [0.1, 0.15) is 0 Å². The van der Waals surface area contributed by atoms with Crippen molar-refractivity contribution in [2.45, 2.75) is 19.9 Å². The summed E-state index contributed by atoms with van der Waals surface area (Å²) in [5, 5.41) is 2.93. The van der Waals surface area contributed by atoms with Gasteiger partial charge in [0.25, 0.3) is 0 Å². The normalized spacial score (nSPS) is 16.2. The summed E-state index contributed by atoms with van der Waals surface area (Å²) in [6, 6.07) is 17.2. The molecule has 2 aromatic rings. The Morgan fingerprint density at radius 1 is 0.962 bits per heavy atom. The zero-order chi connectivity index (χ0) is 18.5. The molecule has 1 fully saturated rings. The van der Waals surface area contributed by atoms with Gasteiger partial charge >= 0.3 is 0 Å². The minimum atomic E-state index is -0.214. The number of ketones is 1. The van der Waals surface area contributed by atoms with Crippen LogP contribution in [0.2, 0.25) is 0 Å². The lowest BCUT2D eigenvalue weighted by atomic mass is 10.1. The van der Waals surface area contributed by atoms with Crippen molar-refractivity contribution in [3.8, 4) is 0 Å². The van der Waals surface area contributed by atoms with E-state index in [0.29, 0.717) is 11.3 Å². The van der Waals surface area contributed by atoms with Crippen molar-refractivity contribution < 1.29 is 9.59 Å². The zero-order valence-electron chi connectivity index (χ0n) is 15.3. The lowest BCUT2D eigenvalue weighted by molar-refractivity contribution is -0.120. The van der Waals surface area contributed by atoms with Gasteiger partial charge < -0.3 is 10.2 Å². The monoisotopic (exact) mass is 351 g/mol. The standard InChI is InChI=1S/C21H25N3O2/c1-16(21(26)22-19-8-6-7-18(15-19)17(2)25)23-11-13-24(14-12-23)20-9-4-3-5-10-20/h3-10,15-16H,11-14H2,1-2H3,(H,22,26)/t16-/m0/s1. The van der Waals surface area contributed by atoms with Crippen molar-refractivity contribution in [2.75, 3.05) is 36.4 Å².